The van der Waals surface area contributed by atoms with Crippen LogP contribution >= 0.6 is 35.0 Å². The zero-order valence-electron chi connectivity index (χ0n) is 14.1. The second-order valence-corrected chi connectivity index (χ2v) is 7.76. The predicted molar refractivity (Wildman–Crippen MR) is 107 cm³/mol. The Bertz CT molecular complexity index is 944. The second-order valence-electron chi connectivity index (χ2n) is 5.60. The Morgan fingerprint density at radius 3 is 2.65 bits per heavy atom. The molecule has 134 valence electrons. The fraction of sp³-hybridized carbons (Fsp3) is 0.167. The molecule has 0 bridgehead atoms. The van der Waals surface area contributed by atoms with Crippen LogP contribution < -0.4 is 5.32 Å². The number of rotatable bonds is 5. The van der Waals surface area contributed by atoms with Crippen LogP contribution in [0.5, 0.6) is 0 Å². The number of nitrogens with one attached hydrogen (secondary N) is 1. The van der Waals surface area contributed by atoms with Crippen LogP contribution in [-0.2, 0) is 11.8 Å². The van der Waals surface area contributed by atoms with Crippen molar-refractivity contribution < 1.29 is 4.79 Å². The van der Waals surface area contributed by atoms with E-state index in [1.165, 1.54) is 11.8 Å². The van der Waals surface area contributed by atoms with Gasteiger partial charge in [-0.25, -0.2) is 0 Å². The molecule has 1 heterocycles. The van der Waals surface area contributed by atoms with Gasteiger partial charge in [-0.3, -0.25) is 4.79 Å². The number of carbonyl (C=O) groups excluding carboxylic acids is 1. The molecule has 3 rings (SSSR count). The lowest BCUT2D eigenvalue weighted by Gasteiger charge is -2.12. The zero-order valence-corrected chi connectivity index (χ0v) is 16.4. The van der Waals surface area contributed by atoms with Crippen LogP contribution in [-0.4, -0.2) is 25.9 Å². The standard InChI is InChI=1S/C18H16Cl2N4OS/c1-11(17(25)21-13-7-5-6-12(19)10-13)26-18-23-22-16(24(18)2)14-8-3-4-9-15(14)20/h3-11H,1-2H3,(H,21,25)/t11-/m0/s1. The number of aromatic nitrogens is 3. The van der Waals surface area contributed by atoms with E-state index in [1.54, 1.807) is 30.3 Å². The van der Waals surface area contributed by atoms with Gasteiger partial charge in [0.15, 0.2) is 11.0 Å². The smallest absolute Gasteiger partial charge is 0.237 e. The Hall–Kier alpha value is -2.02. The summed E-state index contributed by atoms with van der Waals surface area (Å²) < 4.78 is 1.83. The van der Waals surface area contributed by atoms with Gasteiger partial charge in [0.25, 0.3) is 0 Å². The fourth-order valence-corrected chi connectivity index (χ4v) is 3.54. The highest BCUT2D eigenvalue weighted by Crippen LogP contribution is 2.30. The molecule has 2 aromatic carbocycles. The Morgan fingerprint density at radius 2 is 1.92 bits per heavy atom. The molecule has 0 saturated heterocycles. The van der Waals surface area contributed by atoms with E-state index in [-0.39, 0.29) is 11.2 Å². The van der Waals surface area contributed by atoms with E-state index in [2.05, 4.69) is 15.5 Å². The van der Waals surface area contributed by atoms with Gasteiger partial charge in [-0.1, -0.05) is 53.2 Å². The molecule has 3 aromatic rings. The maximum Gasteiger partial charge on any atom is 0.237 e. The summed E-state index contributed by atoms with van der Waals surface area (Å²) in [6.07, 6.45) is 0. The number of nitrogens with zero attached hydrogens (tertiary/aromatic N) is 3. The Balaban J connectivity index is 1.73. The number of hydrogen-bond acceptors (Lipinski definition) is 4. The summed E-state index contributed by atoms with van der Waals surface area (Å²) >= 11 is 13.5. The van der Waals surface area contributed by atoms with Crippen LogP contribution in [0.15, 0.2) is 53.7 Å². The maximum atomic E-state index is 12.4. The minimum atomic E-state index is -0.365. The molecule has 0 aliphatic rings. The van der Waals surface area contributed by atoms with Crippen LogP contribution in [0.3, 0.4) is 0 Å². The lowest BCUT2D eigenvalue weighted by atomic mass is 10.2. The van der Waals surface area contributed by atoms with Crippen molar-refractivity contribution in [1.82, 2.24) is 14.8 Å². The largest absolute Gasteiger partial charge is 0.325 e. The third kappa shape index (κ3) is 4.20. The number of thioether (sulfide) groups is 1. The van der Waals surface area contributed by atoms with Crippen molar-refractivity contribution in [1.29, 1.82) is 0 Å². The lowest BCUT2D eigenvalue weighted by molar-refractivity contribution is -0.115. The third-order valence-corrected chi connectivity index (χ3v) is 5.39. The molecular weight excluding hydrogens is 391 g/mol. The van der Waals surface area contributed by atoms with Crippen LogP contribution in [0.2, 0.25) is 10.0 Å². The first-order chi connectivity index (χ1) is 12.5. The normalized spacial score (nSPS) is 12.0. The maximum absolute atomic E-state index is 12.4. The SMILES string of the molecule is C[C@H](Sc1nnc(-c2ccccc2Cl)n1C)C(=O)Nc1cccc(Cl)c1. The lowest BCUT2D eigenvalue weighted by Crippen LogP contribution is -2.22. The van der Waals surface area contributed by atoms with E-state index in [4.69, 9.17) is 23.2 Å². The van der Waals surface area contributed by atoms with E-state index in [9.17, 15) is 4.79 Å². The van der Waals surface area contributed by atoms with Gasteiger partial charge in [0.1, 0.15) is 0 Å². The topological polar surface area (TPSA) is 59.8 Å². The molecule has 0 saturated carbocycles. The van der Waals surface area contributed by atoms with Crippen molar-refractivity contribution in [2.75, 3.05) is 5.32 Å². The van der Waals surface area contributed by atoms with Crippen LogP contribution in [0.4, 0.5) is 5.69 Å². The van der Waals surface area contributed by atoms with Crippen molar-refractivity contribution in [2.24, 2.45) is 7.05 Å². The first kappa shape index (κ1) is 18.8. The van der Waals surface area contributed by atoms with Crippen molar-refractivity contribution in [2.45, 2.75) is 17.3 Å². The van der Waals surface area contributed by atoms with Gasteiger partial charge in [0.2, 0.25) is 5.91 Å². The predicted octanol–water partition coefficient (Wildman–Crippen LogP) is 4.91. The molecule has 1 atom stereocenters. The molecule has 0 spiro atoms. The average molecular weight is 407 g/mol. The van der Waals surface area contributed by atoms with Gasteiger partial charge in [0, 0.05) is 23.3 Å². The minimum absolute atomic E-state index is 0.139. The highest BCUT2D eigenvalue weighted by atomic mass is 35.5. The van der Waals surface area contributed by atoms with Crippen molar-refractivity contribution >= 4 is 46.6 Å². The minimum Gasteiger partial charge on any atom is -0.325 e. The first-order valence-corrected chi connectivity index (χ1v) is 9.46. The molecule has 1 amide bonds. The number of benzene rings is 2. The van der Waals surface area contributed by atoms with Gasteiger partial charge in [-0.2, -0.15) is 0 Å². The fourth-order valence-electron chi connectivity index (χ4n) is 2.32. The van der Waals surface area contributed by atoms with E-state index in [1.807, 2.05) is 36.7 Å². The van der Waals surface area contributed by atoms with E-state index >= 15 is 0 Å². The zero-order chi connectivity index (χ0) is 18.7. The summed E-state index contributed by atoms with van der Waals surface area (Å²) in [7, 11) is 1.85. The van der Waals surface area contributed by atoms with Crippen molar-refractivity contribution in [3.8, 4) is 11.4 Å². The summed E-state index contributed by atoms with van der Waals surface area (Å²) in [5.41, 5.74) is 1.46. The Morgan fingerprint density at radius 1 is 1.15 bits per heavy atom. The van der Waals surface area contributed by atoms with Gasteiger partial charge in [-0.15, -0.1) is 10.2 Å². The Labute approximate surface area is 165 Å². The first-order valence-electron chi connectivity index (χ1n) is 7.83. The van der Waals surface area contributed by atoms with Gasteiger partial charge >= 0.3 is 0 Å². The van der Waals surface area contributed by atoms with Crippen LogP contribution in [0.1, 0.15) is 6.92 Å². The molecule has 1 N–H and O–H groups in total. The molecule has 0 fully saturated rings. The summed E-state index contributed by atoms with van der Waals surface area (Å²) in [4.78, 5) is 12.4. The monoisotopic (exact) mass is 406 g/mol. The summed E-state index contributed by atoms with van der Waals surface area (Å²) in [6.45, 7) is 1.81. The highest BCUT2D eigenvalue weighted by Gasteiger charge is 2.20. The molecule has 0 unspecified atom stereocenters. The molecule has 0 radical (unpaired) electrons. The van der Waals surface area contributed by atoms with E-state index in [0.717, 1.165) is 5.56 Å². The second kappa shape index (κ2) is 8.12. The van der Waals surface area contributed by atoms with Gasteiger partial charge in [0.05, 0.1) is 10.3 Å². The van der Waals surface area contributed by atoms with Crippen molar-refractivity contribution in [3.63, 3.8) is 0 Å². The van der Waals surface area contributed by atoms with E-state index < -0.39 is 0 Å². The molecule has 26 heavy (non-hydrogen) atoms. The molecule has 8 heteroatoms. The number of hydrogen-bond donors (Lipinski definition) is 1. The molecule has 0 aliphatic carbocycles. The number of halogens is 2. The molecule has 1 aromatic heterocycles. The number of amides is 1. The molecular formula is C18H16Cl2N4OS. The molecule has 5 nitrogen and oxygen atoms in total. The summed E-state index contributed by atoms with van der Waals surface area (Å²) in [5, 5.41) is 12.7. The van der Waals surface area contributed by atoms with Crippen LogP contribution in [0, 0.1) is 0 Å². The third-order valence-electron chi connectivity index (χ3n) is 3.69. The van der Waals surface area contributed by atoms with Crippen LogP contribution in [0.25, 0.3) is 11.4 Å². The van der Waals surface area contributed by atoms with Crippen molar-refractivity contribution in [3.05, 3.63) is 58.6 Å². The highest BCUT2D eigenvalue weighted by molar-refractivity contribution is 8.00. The summed E-state index contributed by atoms with van der Waals surface area (Å²) in [6, 6.07) is 14.5. The number of carbonyl (C=O) groups is 1. The van der Waals surface area contributed by atoms with E-state index in [0.29, 0.717) is 26.7 Å². The Kier molecular flexibility index (Phi) is 5.86. The summed E-state index contributed by atoms with van der Waals surface area (Å²) in [5.74, 6) is 0.514. The van der Waals surface area contributed by atoms with Gasteiger partial charge < -0.3 is 9.88 Å². The number of anilines is 1. The molecule has 0 aliphatic heterocycles. The van der Waals surface area contributed by atoms with Gasteiger partial charge in [-0.05, 0) is 37.3 Å². The quantitative estimate of drug-likeness (QED) is 0.611. The average Bonchev–Trinajstić information content (AvgIpc) is 2.96.